The second-order valence-corrected chi connectivity index (χ2v) is 5.99. The zero-order chi connectivity index (χ0) is 15.1. The Hall–Kier alpha value is -1.98. The second kappa shape index (κ2) is 5.09. The van der Waals surface area contributed by atoms with Crippen molar-refractivity contribution in [2.24, 2.45) is 11.8 Å². The van der Waals surface area contributed by atoms with Gasteiger partial charge in [0.25, 0.3) is 5.91 Å². The van der Waals surface area contributed by atoms with Crippen LogP contribution < -0.4 is 0 Å². The van der Waals surface area contributed by atoms with Gasteiger partial charge >= 0.3 is 0 Å². The smallest absolute Gasteiger partial charge is 0.267 e. The average molecular weight is 289 g/mol. The van der Waals surface area contributed by atoms with Crippen molar-refractivity contribution in [2.75, 3.05) is 6.54 Å². The lowest BCUT2D eigenvalue weighted by atomic mass is 9.81. The van der Waals surface area contributed by atoms with Gasteiger partial charge in [0.15, 0.2) is 0 Å². The van der Waals surface area contributed by atoms with Crippen LogP contribution in [-0.2, 0) is 9.59 Å². The average Bonchev–Trinajstić information content (AvgIpc) is 2.92. The molecule has 0 spiro atoms. The molecule has 112 valence electrons. The maximum atomic E-state index is 12.3. The van der Waals surface area contributed by atoms with Crippen molar-refractivity contribution in [1.29, 1.82) is 0 Å². The first-order chi connectivity index (χ1) is 9.99. The Labute approximate surface area is 123 Å². The van der Waals surface area contributed by atoms with Crippen LogP contribution in [0.4, 0.5) is 0 Å². The van der Waals surface area contributed by atoms with Gasteiger partial charge in [-0.15, -0.1) is 0 Å². The van der Waals surface area contributed by atoms with E-state index in [0.29, 0.717) is 5.69 Å². The Kier molecular flexibility index (Phi) is 3.39. The van der Waals surface area contributed by atoms with Gasteiger partial charge in [-0.25, -0.2) is 4.68 Å². The minimum Gasteiger partial charge on any atom is -0.274 e. The SMILES string of the molecule is Cc1cc(C)n(C(=O)CN2C(=O)[C@H]3CCCC[C@H]3C2=O)n1. The van der Waals surface area contributed by atoms with Crippen LogP contribution in [0.25, 0.3) is 0 Å². The summed E-state index contributed by atoms with van der Waals surface area (Å²) in [6, 6.07) is 1.80. The molecule has 1 saturated heterocycles. The van der Waals surface area contributed by atoms with Gasteiger partial charge < -0.3 is 0 Å². The molecule has 1 aliphatic carbocycles. The van der Waals surface area contributed by atoms with Crippen molar-refractivity contribution in [3.05, 3.63) is 17.5 Å². The maximum absolute atomic E-state index is 12.3. The third kappa shape index (κ3) is 2.28. The first-order valence-corrected chi connectivity index (χ1v) is 7.40. The topological polar surface area (TPSA) is 72.3 Å². The number of fused-ring (bicyclic) bond motifs is 1. The Balaban J connectivity index is 1.78. The van der Waals surface area contributed by atoms with Gasteiger partial charge in [0.2, 0.25) is 11.8 Å². The number of nitrogens with zero attached hydrogens (tertiary/aromatic N) is 3. The number of hydrogen-bond donors (Lipinski definition) is 0. The van der Waals surface area contributed by atoms with E-state index in [1.54, 1.807) is 19.9 Å². The molecule has 6 nitrogen and oxygen atoms in total. The molecular weight excluding hydrogens is 270 g/mol. The zero-order valence-corrected chi connectivity index (χ0v) is 12.3. The molecule has 2 atom stereocenters. The summed E-state index contributed by atoms with van der Waals surface area (Å²) in [4.78, 5) is 38.1. The highest BCUT2D eigenvalue weighted by molar-refractivity contribution is 6.07. The summed E-state index contributed by atoms with van der Waals surface area (Å²) < 4.78 is 1.28. The molecule has 0 N–H and O–H groups in total. The first-order valence-electron chi connectivity index (χ1n) is 7.40. The van der Waals surface area contributed by atoms with E-state index in [1.807, 2.05) is 0 Å². The fourth-order valence-corrected chi connectivity index (χ4v) is 3.47. The molecule has 2 amide bonds. The predicted molar refractivity (Wildman–Crippen MR) is 74.5 cm³/mol. The predicted octanol–water partition coefficient (Wildman–Crippen LogP) is 1.32. The van der Waals surface area contributed by atoms with E-state index >= 15 is 0 Å². The lowest BCUT2D eigenvalue weighted by Crippen LogP contribution is -2.38. The third-order valence-corrected chi connectivity index (χ3v) is 4.47. The van der Waals surface area contributed by atoms with Crippen molar-refractivity contribution >= 4 is 17.7 Å². The van der Waals surface area contributed by atoms with E-state index < -0.39 is 0 Å². The molecule has 1 aromatic heterocycles. The quantitative estimate of drug-likeness (QED) is 0.770. The molecule has 3 rings (SSSR count). The number of aryl methyl sites for hydroxylation is 2. The van der Waals surface area contributed by atoms with Crippen LogP contribution in [0.15, 0.2) is 6.07 Å². The van der Waals surface area contributed by atoms with Gasteiger partial charge in [0.05, 0.1) is 17.5 Å². The largest absolute Gasteiger partial charge is 0.274 e. The van der Waals surface area contributed by atoms with Gasteiger partial charge in [-0.2, -0.15) is 5.10 Å². The normalized spacial score (nSPS) is 25.3. The van der Waals surface area contributed by atoms with E-state index in [1.165, 1.54) is 4.68 Å². The summed E-state index contributed by atoms with van der Waals surface area (Å²) >= 11 is 0. The monoisotopic (exact) mass is 289 g/mol. The molecule has 0 aromatic carbocycles. The maximum Gasteiger partial charge on any atom is 0.267 e. The molecule has 2 heterocycles. The Morgan fingerprint density at radius 1 is 1.19 bits per heavy atom. The van der Waals surface area contributed by atoms with Gasteiger partial charge in [-0.3, -0.25) is 19.3 Å². The number of carbonyl (C=O) groups is 3. The van der Waals surface area contributed by atoms with Crippen LogP contribution in [0.3, 0.4) is 0 Å². The number of aromatic nitrogens is 2. The van der Waals surface area contributed by atoms with E-state index in [2.05, 4.69) is 5.10 Å². The first kappa shape index (κ1) is 14.0. The highest BCUT2D eigenvalue weighted by atomic mass is 16.2. The van der Waals surface area contributed by atoms with Crippen molar-refractivity contribution in [3.8, 4) is 0 Å². The molecule has 6 heteroatoms. The summed E-state index contributed by atoms with van der Waals surface area (Å²) in [6.07, 6.45) is 3.50. The van der Waals surface area contributed by atoms with Gasteiger partial charge in [0, 0.05) is 5.69 Å². The summed E-state index contributed by atoms with van der Waals surface area (Å²) in [6.45, 7) is 3.38. The summed E-state index contributed by atoms with van der Waals surface area (Å²) in [5.41, 5.74) is 1.46. The van der Waals surface area contributed by atoms with Crippen molar-refractivity contribution in [3.63, 3.8) is 0 Å². The van der Waals surface area contributed by atoms with E-state index in [-0.39, 0.29) is 36.1 Å². The highest BCUT2D eigenvalue weighted by Gasteiger charge is 2.48. The molecule has 2 aliphatic rings. The fraction of sp³-hybridized carbons (Fsp3) is 0.600. The summed E-state index contributed by atoms with van der Waals surface area (Å²) in [5, 5.41) is 4.11. The minimum absolute atomic E-state index is 0.181. The Morgan fingerprint density at radius 2 is 1.76 bits per heavy atom. The van der Waals surface area contributed by atoms with Crippen molar-refractivity contribution in [1.82, 2.24) is 14.7 Å². The molecule has 0 unspecified atom stereocenters. The molecule has 2 fully saturated rings. The fourth-order valence-electron chi connectivity index (χ4n) is 3.47. The highest BCUT2D eigenvalue weighted by Crippen LogP contribution is 2.37. The second-order valence-electron chi connectivity index (χ2n) is 5.99. The van der Waals surface area contributed by atoms with Crippen molar-refractivity contribution in [2.45, 2.75) is 39.5 Å². The Bertz CT molecular complexity index is 596. The summed E-state index contributed by atoms with van der Waals surface area (Å²) in [7, 11) is 0. The molecule has 21 heavy (non-hydrogen) atoms. The van der Waals surface area contributed by atoms with Gasteiger partial charge in [0.1, 0.15) is 6.54 Å². The molecule has 0 bridgehead atoms. The van der Waals surface area contributed by atoms with Gasteiger partial charge in [-0.1, -0.05) is 12.8 Å². The lowest BCUT2D eigenvalue weighted by Gasteiger charge is -2.19. The van der Waals surface area contributed by atoms with E-state index in [4.69, 9.17) is 0 Å². The van der Waals surface area contributed by atoms with Crippen LogP contribution in [0.2, 0.25) is 0 Å². The number of rotatable bonds is 2. The standard InChI is InChI=1S/C15H19N3O3/c1-9-7-10(2)18(16-9)13(19)8-17-14(20)11-5-3-4-6-12(11)15(17)21/h7,11-12H,3-6,8H2,1-2H3/t11-,12+. The summed E-state index contributed by atoms with van der Waals surface area (Å²) in [5.74, 6) is -1.11. The number of likely N-dealkylation sites (tertiary alicyclic amines) is 1. The molecule has 1 aromatic rings. The Morgan fingerprint density at radius 3 is 2.24 bits per heavy atom. The van der Waals surface area contributed by atoms with Crippen LogP contribution >= 0.6 is 0 Å². The number of hydrogen-bond acceptors (Lipinski definition) is 4. The van der Waals surface area contributed by atoms with Gasteiger partial charge in [-0.05, 0) is 32.8 Å². The molecule has 1 saturated carbocycles. The van der Waals surface area contributed by atoms with Crippen LogP contribution in [0.5, 0.6) is 0 Å². The third-order valence-electron chi connectivity index (χ3n) is 4.47. The van der Waals surface area contributed by atoms with Crippen LogP contribution in [0.1, 0.15) is 41.9 Å². The molecular formula is C15H19N3O3. The van der Waals surface area contributed by atoms with E-state index in [0.717, 1.165) is 36.3 Å². The molecule has 0 radical (unpaired) electrons. The minimum atomic E-state index is -0.332. The van der Waals surface area contributed by atoms with Crippen molar-refractivity contribution < 1.29 is 14.4 Å². The lowest BCUT2D eigenvalue weighted by molar-refractivity contribution is -0.139. The number of amides is 2. The number of imide groups is 1. The van der Waals surface area contributed by atoms with Crippen LogP contribution in [0, 0.1) is 25.7 Å². The zero-order valence-electron chi connectivity index (χ0n) is 12.3. The number of carbonyl (C=O) groups excluding carboxylic acids is 3. The van der Waals surface area contributed by atoms with E-state index in [9.17, 15) is 14.4 Å². The van der Waals surface area contributed by atoms with Crippen LogP contribution in [-0.4, -0.2) is 38.9 Å². The molecule has 1 aliphatic heterocycles.